The normalized spacial score (nSPS) is 22.9. The summed E-state index contributed by atoms with van der Waals surface area (Å²) in [5.41, 5.74) is 4.58. The molecule has 0 bridgehead atoms. The van der Waals surface area contributed by atoms with Crippen LogP contribution < -0.4 is 0 Å². The fraction of sp³-hybridized carbons (Fsp3) is 0.241. The van der Waals surface area contributed by atoms with E-state index in [9.17, 15) is 12.8 Å². The lowest BCUT2D eigenvalue weighted by Crippen LogP contribution is -2.34. The summed E-state index contributed by atoms with van der Waals surface area (Å²) in [6.45, 7) is 2.85. The van der Waals surface area contributed by atoms with Crippen LogP contribution in [0.25, 0.3) is 16.6 Å². The van der Waals surface area contributed by atoms with E-state index >= 15 is 0 Å². The van der Waals surface area contributed by atoms with E-state index in [1.54, 1.807) is 34.4 Å². The minimum Gasteiger partial charge on any atom is -0.274 e. The van der Waals surface area contributed by atoms with Crippen LogP contribution in [0.2, 0.25) is 5.02 Å². The van der Waals surface area contributed by atoms with Crippen LogP contribution in [-0.2, 0) is 22.5 Å². The Morgan fingerprint density at radius 2 is 1.85 bits per heavy atom. The number of aromatic nitrogens is 4. The van der Waals surface area contributed by atoms with Crippen molar-refractivity contribution >= 4 is 32.5 Å². The highest BCUT2D eigenvalue weighted by Crippen LogP contribution is 2.70. The Balaban J connectivity index is 1.34. The molecule has 3 atom stereocenters. The number of sulfonamides is 1. The summed E-state index contributed by atoms with van der Waals surface area (Å²) in [5.74, 6) is -0.0582. The monoisotopic (exact) mass is 561 g/mol. The molecule has 198 valence electrons. The highest BCUT2D eigenvalue weighted by molar-refractivity contribution is 7.89. The first-order chi connectivity index (χ1) is 18.7. The number of nitrogens with zero attached hydrogens (tertiary/aromatic N) is 5. The molecular weight excluding hydrogens is 537 g/mol. The summed E-state index contributed by atoms with van der Waals surface area (Å²) in [7, 11) is -1.98. The van der Waals surface area contributed by atoms with Crippen LogP contribution in [0.3, 0.4) is 0 Å². The molecule has 0 amide bonds. The molecule has 2 aromatic heterocycles. The largest absolute Gasteiger partial charge is 0.274 e. The first kappa shape index (κ1) is 24.5. The Morgan fingerprint density at radius 3 is 2.56 bits per heavy atom. The summed E-state index contributed by atoms with van der Waals surface area (Å²) in [6.07, 6.45) is 4.76. The number of benzene rings is 3. The molecule has 7 rings (SSSR count). The third-order valence-electron chi connectivity index (χ3n) is 8.36. The SMILES string of the molecule is Cc1cc2c(cnn2-c2ccc(F)cc2)cc1[C@@]12CN(S(=O)(=O)c3cnn(C)c3)C[C@@H]1[C@@H]2c1cccc(Cl)c1. The lowest BCUT2D eigenvalue weighted by molar-refractivity contribution is 0.421. The average Bonchev–Trinajstić information content (AvgIpc) is 3.33. The highest BCUT2D eigenvalue weighted by Gasteiger charge is 2.71. The van der Waals surface area contributed by atoms with Crippen molar-refractivity contribution in [2.75, 3.05) is 13.1 Å². The minimum absolute atomic E-state index is 0.103. The van der Waals surface area contributed by atoms with Gasteiger partial charge in [0.25, 0.3) is 0 Å². The van der Waals surface area contributed by atoms with E-state index in [0.717, 1.165) is 33.3 Å². The number of hydrogen-bond acceptors (Lipinski definition) is 4. The van der Waals surface area contributed by atoms with E-state index < -0.39 is 15.4 Å². The zero-order valence-electron chi connectivity index (χ0n) is 21.3. The van der Waals surface area contributed by atoms with Crippen LogP contribution in [0, 0.1) is 18.7 Å². The van der Waals surface area contributed by atoms with Gasteiger partial charge < -0.3 is 0 Å². The Labute approximate surface area is 230 Å². The number of piperidine rings is 1. The van der Waals surface area contributed by atoms with Gasteiger partial charge in [0.15, 0.2) is 0 Å². The minimum atomic E-state index is -3.69. The Morgan fingerprint density at radius 1 is 1.05 bits per heavy atom. The molecule has 5 aromatic rings. The number of halogens is 2. The summed E-state index contributed by atoms with van der Waals surface area (Å²) in [6, 6.07) is 18.4. The van der Waals surface area contributed by atoms with Crippen LogP contribution in [-0.4, -0.2) is 45.4 Å². The maximum Gasteiger partial charge on any atom is 0.246 e. The predicted octanol–water partition coefficient (Wildman–Crippen LogP) is 5.22. The van der Waals surface area contributed by atoms with Gasteiger partial charge in [-0.1, -0.05) is 23.7 Å². The fourth-order valence-electron chi connectivity index (χ4n) is 6.59. The smallest absolute Gasteiger partial charge is 0.246 e. The molecule has 7 nitrogen and oxygen atoms in total. The van der Waals surface area contributed by atoms with Crippen LogP contribution in [0.1, 0.15) is 22.6 Å². The van der Waals surface area contributed by atoms with Gasteiger partial charge in [-0.3, -0.25) is 4.68 Å². The number of hydrogen-bond donors (Lipinski definition) is 0. The summed E-state index contributed by atoms with van der Waals surface area (Å²) in [5, 5.41) is 10.3. The molecule has 1 aliphatic heterocycles. The predicted molar refractivity (Wildman–Crippen MR) is 147 cm³/mol. The van der Waals surface area contributed by atoms with Crippen LogP contribution in [0.15, 0.2) is 84.1 Å². The molecule has 0 unspecified atom stereocenters. The van der Waals surface area contributed by atoms with Gasteiger partial charge in [0.2, 0.25) is 10.0 Å². The van der Waals surface area contributed by atoms with Crippen molar-refractivity contribution in [3.63, 3.8) is 0 Å². The quantitative estimate of drug-likeness (QED) is 0.295. The van der Waals surface area contributed by atoms with E-state index in [-0.39, 0.29) is 22.5 Å². The van der Waals surface area contributed by atoms with Crippen molar-refractivity contribution in [1.29, 1.82) is 0 Å². The van der Waals surface area contributed by atoms with Gasteiger partial charge in [-0.25, -0.2) is 17.5 Å². The molecule has 0 spiro atoms. The molecule has 2 aliphatic rings. The van der Waals surface area contributed by atoms with Gasteiger partial charge in [-0.15, -0.1) is 0 Å². The highest BCUT2D eigenvalue weighted by atomic mass is 35.5. The van der Waals surface area contributed by atoms with E-state index in [2.05, 4.69) is 35.3 Å². The molecule has 0 N–H and O–H groups in total. The van der Waals surface area contributed by atoms with Gasteiger partial charge in [0.1, 0.15) is 10.7 Å². The van der Waals surface area contributed by atoms with Gasteiger partial charge in [-0.05, 0) is 78.1 Å². The van der Waals surface area contributed by atoms with Crippen molar-refractivity contribution < 1.29 is 12.8 Å². The average molecular weight is 562 g/mol. The van der Waals surface area contributed by atoms with Gasteiger partial charge in [0.05, 0.1) is 23.6 Å². The molecule has 0 radical (unpaired) electrons. The van der Waals surface area contributed by atoms with Crippen LogP contribution in [0.5, 0.6) is 0 Å². The van der Waals surface area contributed by atoms with Gasteiger partial charge >= 0.3 is 0 Å². The first-order valence-corrected chi connectivity index (χ1v) is 14.5. The number of rotatable bonds is 5. The number of aryl methyl sites for hydroxylation is 2. The Bertz CT molecular complexity index is 1870. The first-order valence-electron chi connectivity index (χ1n) is 12.7. The maximum atomic E-state index is 13.6. The fourth-order valence-corrected chi connectivity index (χ4v) is 8.30. The zero-order chi connectivity index (χ0) is 27.1. The number of fused-ring (bicyclic) bond motifs is 2. The summed E-state index contributed by atoms with van der Waals surface area (Å²) >= 11 is 6.38. The molecule has 3 heterocycles. The van der Waals surface area contributed by atoms with E-state index in [1.807, 2.05) is 24.4 Å². The summed E-state index contributed by atoms with van der Waals surface area (Å²) < 4.78 is 45.6. The molecule has 1 saturated carbocycles. The second-order valence-corrected chi connectivity index (χ2v) is 13.0. The van der Waals surface area contributed by atoms with E-state index in [1.165, 1.54) is 23.0 Å². The standard InChI is InChI=1S/C29H25ClFN5O2S/c1-18-10-27-20(13-33-36(27)23-8-6-22(31)7-9-23)12-25(18)29-17-35(39(37,38)24-14-32-34(2)15-24)16-26(29)28(29)19-4-3-5-21(30)11-19/h3-15,26,28H,16-17H2,1-2H3/t26-,28+,29+/m1/s1. The van der Waals surface area contributed by atoms with E-state index in [0.29, 0.717) is 18.1 Å². The Kier molecular flexibility index (Phi) is 5.33. The molecule has 2 fully saturated rings. The molecule has 10 heteroatoms. The van der Waals surface area contributed by atoms with Crippen molar-refractivity contribution in [3.05, 3.63) is 107 Å². The summed E-state index contributed by atoms with van der Waals surface area (Å²) in [4.78, 5) is 0.202. The Hall–Kier alpha value is -3.53. The molecular formula is C29H25ClFN5O2S. The topological polar surface area (TPSA) is 73.0 Å². The van der Waals surface area contributed by atoms with Gasteiger partial charge in [0, 0.05) is 48.1 Å². The maximum absolute atomic E-state index is 13.6. The van der Waals surface area contributed by atoms with Crippen LogP contribution >= 0.6 is 11.6 Å². The zero-order valence-corrected chi connectivity index (χ0v) is 22.9. The lowest BCUT2D eigenvalue weighted by atomic mass is 9.87. The molecule has 1 aliphatic carbocycles. The van der Waals surface area contributed by atoms with Crippen molar-refractivity contribution in [2.24, 2.45) is 13.0 Å². The van der Waals surface area contributed by atoms with Gasteiger partial charge in [-0.2, -0.15) is 14.5 Å². The third kappa shape index (κ3) is 3.67. The second kappa shape index (κ2) is 8.48. The van der Waals surface area contributed by atoms with Crippen molar-refractivity contribution in [2.45, 2.75) is 23.2 Å². The lowest BCUT2D eigenvalue weighted by Gasteiger charge is -2.25. The molecule has 39 heavy (non-hydrogen) atoms. The van der Waals surface area contributed by atoms with E-state index in [4.69, 9.17) is 11.6 Å². The molecule has 3 aromatic carbocycles. The molecule has 1 saturated heterocycles. The van der Waals surface area contributed by atoms with Crippen molar-refractivity contribution in [3.8, 4) is 5.69 Å². The van der Waals surface area contributed by atoms with Crippen LogP contribution in [0.4, 0.5) is 4.39 Å². The third-order valence-corrected chi connectivity index (χ3v) is 10.4. The second-order valence-electron chi connectivity index (χ2n) is 10.6. The van der Waals surface area contributed by atoms with Crippen molar-refractivity contribution in [1.82, 2.24) is 23.9 Å².